The Hall–Kier alpha value is -1.55. The van der Waals surface area contributed by atoms with E-state index in [4.69, 9.17) is 15.9 Å². The molecule has 0 bridgehead atoms. The SMILES string of the molecule is Cc1cc(N2CCOCC2)ccc1C(=N)N. The van der Waals surface area contributed by atoms with E-state index in [1.165, 1.54) is 5.69 Å². The lowest BCUT2D eigenvalue weighted by Gasteiger charge is -2.29. The van der Waals surface area contributed by atoms with Gasteiger partial charge in [-0.3, -0.25) is 5.41 Å². The number of benzene rings is 1. The highest BCUT2D eigenvalue weighted by molar-refractivity contribution is 5.96. The van der Waals surface area contributed by atoms with Gasteiger partial charge in [0.15, 0.2) is 0 Å². The average Bonchev–Trinajstić information content (AvgIpc) is 2.29. The molecule has 0 radical (unpaired) electrons. The van der Waals surface area contributed by atoms with Crippen molar-refractivity contribution in [2.45, 2.75) is 6.92 Å². The molecule has 1 aromatic carbocycles. The van der Waals surface area contributed by atoms with Gasteiger partial charge in [0, 0.05) is 24.3 Å². The Morgan fingerprint density at radius 3 is 2.62 bits per heavy atom. The van der Waals surface area contributed by atoms with E-state index in [1.807, 2.05) is 19.1 Å². The summed E-state index contributed by atoms with van der Waals surface area (Å²) in [7, 11) is 0. The van der Waals surface area contributed by atoms with Crippen LogP contribution in [0.3, 0.4) is 0 Å². The van der Waals surface area contributed by atoms with E-state index in [1.54, 1.807) is 0 Å². The molecule has 0 saturated carbocycles. The van der Waals surface area contributed by atoms with Crippen molar-refractivity contribution in [3.05, 3.63) is 29.3 Å². The highest BCUT2D eigenvalue weighted by atomic mass is 16.5. The number of nitrogen functional groups attached to an aromatic ring is 1. The molecule has 4 heteroatoms. The number of nitrogens with zero attached hydrogens (tertiary/aromatic N) is 1. The minimum Gasteiger partial charge on any atom is -0.384 e. The van der Waals surface area contributed by atoms with Gasteiger partial charge in [0.2, 0.25) is 0 Å². The maximum atomic E-state index is 7.44. The fourth-order valence-corrected chi connectivity index (χ4v) is 1.97. The molecule has 0 aromatic heterocycles. The molecule has 1 saturated heterocycles. The predicted molar refractivity (Wildman–Crippen MR) is 65.2 cm³/mol. The summed E-state index contributed by atoms with van der Waals surface area (Å²) in [5.74, 6) is 0.131. The van der Waals surface area contributed by atoms with E-state index in [0.717, 1.165) is 37.4 Å². The summed E-state index contributed by atoms with van der Waals surface area (Å²) in [4.78, 5) is 2.29. The number of morpholine rings is 1. The summed E-state index contributed by atoms with van der Waals surface area (Å²) in [6, 6.07) is 6.03. The van der Waals surface area contributed by atoms with E-state index in [0.29, 0.717) is 0 Å². The van der Waals surface area contributed by atoms with Crippen LogP contribution >= 0.6 is 0 Å². The molecule has 1 aliphatic rings. The van der Waals surface area contributed by atoms with Gasteiger partial charge in [-0.05, 0) is 30.7 Å². The number of rotatable bonds is 2. The molecule has 0 unspecified atom stereocenters. The molecular weight excluding hydrogens is 202 g/mol. The van der Waals surface area contributed by atoms with Gasteiger partial charge in [-0.15, -0.1) is 0 Å². The second-order valence-corrected chi connectivity index (χ2v) is 4.01. The number of ether oxygens (including phenoxy) is 1. The van der Waals surface area contributed by atoms with Crippen LogP contribution in [-0.4, -0.2) is 32.1 Å². The number of amidine groups is 1. The molecule has 1 aromatic rings. The zero-order valence-electron chi connectivity index (χ0n) is 9.49. The monoisotopic (exact) mass is 219 g/mol. The maximum absolute atomic E-state index is 7.44. The Balaban J connectivity index is 2.23. The molecule has 1 heterocycles. The third kappa shape index (κ3) is 2.17. The van der Waals surface area contributed by atoms with Gasteiger partial charge >= 0.3 is 0 Å². The van der Waals surface area contributed by atoms with Crippen molar-refractivity contribution in [3.8, 4) is 0 Å². The lowest BCUT2D eigenvalue weighted by molar-refractivity contribution is 0.122. The highest BCUT2D eigenvalue weighted by Gasteiger charge is 2.12. The third-order valence-electron chi connectivity index (χ3n) is 2.88. The quantitative estimate of drug-likeness (QED) is 0.578. The second kappa shape index (κ2) is 4.53. The number of hydrogen-bond donors (Lipinski definition) is 2. The van der Waals surface area contributed by atoms with E-state index in [2.05, 4.69) is 11.0 Å². The topological polar surface area (TPSA) is 62.3 Å². The van der Waals surface area contributed by atoms with Crippen LogP contribution in [0.25, 0.3) is 0 Å². The Kier molecular flexibility index (Phi) is 3.10. The van der Waals surface area contributed by atoms with Crippen LogP contribution in [0.5, 0.6) is 0 Å². The van der Waals surface area contributed by atoms with Gasteiger partial charge in [0.1, 0.15) is 5.84 Å². The first-order valence-electron chi connectivity index (χ1n) is 5.46. The summed E-state index contributed by atoms with van der Waals surface area (Å²) in [5, 5.41) is 7.44. The number of aryl methyl sites for hydroxylation is 1. The fraction of sp³-hybridized carbons (Fsp3) is 0.417. The van der Waals surface area contributed by atoms with Crippen molar-refractivity contribution in [1.82, 2.24) is 0 Å². The summed E-state index contributed by atoms with van der Waals surface area (Å²) < 4.78 is 5.32. The van der Waals surface area contributed by atoms with Crippen molar-refractivity contribution in [2.24, 2.45) is 5.73 Å². The molecule has 3 N–H and O–H groups in total. The van der Waals surface area contributed by atoms with Gasteiger partial charge in [-0.25, -0.2) is 0 Å². The highest BCUT2D eigenvalue weighted by Crippen LogP contribution is 2.19. The van der Waals surface area contributed by atoms with Crippen LogP contribution in [0.1, 0.15) is 11.1 Å². The molecule has 2 rings (SSSR count). The Morgan fingerprint density at radius 2 is 2.06 bits per heavy atom. The van der Waals surface area contributed by atoms with Crippen molar-refractivity contribution in [3.63, 3.8) is 0 Å². The first-order valence-corrected chi connectivity index (χ1v) is 5.46. The maximum Gasteiger partial charge on any atom is 0.123 e. The van der Waals surface area contributed by atoms with Gasteiger partial charge in [-0.1, -0.05) is 0 Å². The average molecular weight is 219 g/mol. The molecule has 16 heavy (non-hydrogen) atoms. The van der Waals surface area contributed by atoms with E-state index in [9.17, 15) is 0 Å². The molecular formula is C12H17N3O. The second-order valence-electron chi connectivity index (χ2n) is 4.01. The molecule has 0 aliphatic carbocycles. The van der Waals surface area contributed by atoms with Crippen LogP contribution in [0.2, 0.25) is 0 Å². The normalized spacial score (nSPS) is 16.2. The fourth-order valence-electron chi connectivity index (χ4n) is 1.97. The largest absolute Gasteiger partial charge is 0.384 e. The van der Waals surface area contributed by atoms with Crippen molar-refractivity contribution in [1.29, 1.82) is 5.41 Å². The molecule has 1 fully saturated rings. The zero-order chi connectivity index (χ0) is 11.5. The lowest BCUT2D eigenvalue weighted by Crippen LogP contribution is -2.36. The van der Waals surface area contributed by atoms with Gasteiger partial charge in [-0.2, -0.15) is 0 Å². The summed E-state index contributed by atoms with van der Waals surface area (Å²) in [5.41, 5.74) is 8.55. The van der Waals surface area contributed by atoms with Crippen LogP contribution in [-0.2, 0) is 4.74 Å². The standard InChI is InChI=1S/C12H17N3O/c1-9-8-10(2-3-11(9)12(13)14)15-4-6-16-7-5-15/h2-3,8H,4-7H2,1H3,(H3,13,14). The predicted octanol–water partition coefficient (Wildman–Crippen LogP) is 1.12. The molecule has 86 valence electrons. The van der Waals surface area contributed by atoms with Crippen molar-refractivity contribution in [2.75, 3.05) is 31.2 Å². The van der Waals surface area contributed by atoms with Crippen molar-refractivity contribution >= 4 is 11.5 Å². The van der Waals surface area contributed by atoms with Crippen LogP contribution in [0.4, 0.5) is 5.69 Å². The molecule has 4 nitrogen and oxygen atoms in total. The Labute approximate surface area is 95.5 Å². The van der Waals surface area contributed by atoms with E-state index >= 15 is 0 Å². The molecule has 0 spiro atoms. The van der Waals surface area contributed by atoms with Crippen LogP contribution in [0.15, 0.2) is 18.2 Å². The number of anilines is 1. The van der Waals surface area contributed by atoms with Crippen LogP contribution < -0.4 is 10.6 Å². The van der Waals surface area contributed by atoms with Crippen molar-refractivity contribution < 1.29 is 4.74 Å². The molecule has 1 aliphatic heterocycles. The first kappa shape index (κ1) is 11.0. The molecule has 0 atom stereocenters. The van der Waals surface area contributed by atoms with E-state index in [-0.39, 0.29) is 5.84 Å². The minimum absolute atomic E-state index is 0.131. The third-order valence-corrected chi connectivity index (χ3v) is 2.88. The number of nitrogens with one attached hydrogen (secondary N) is 1. The van der Waals surface area contributed by atoms with Gasteiger partial charge in [0.25, 0.3) is 0 Å². The Morgan fingerprint density at radius 1 is 1.38 bits per heavy atom. The van der Waals surface area contributed by atoms with Gasteiger partial charge < -0.3 is 15.4 Å². The number of hydrogen-bond acceptors (Lipinski definition) is 3. The minimum atomic E-state index is 0.131. The summed E-state index contributed by atoms with van der Waals surface area (Å²) >= 11 is 0. The summed E-state index contributed by atoms with van der Waals surface area (Å²) in [6.07, 6.45) is 0. The first-order chi connectivity index (χ1) is 7.68. The lowest BCUT2D eigenvalue weighted by atomic mass is 10.1. The molecule has 0 amide bonds. The van der Waals surface area contributed by atoms with Crippen LogP contribution in [0, 0.1) is 12.3 Å². The van der Waals surface area contributed by atoms with E-state index < -0.39 is 0 Å². The zero-order valence-corrected chi connectivity index (χ0v) is 9.49. The number of nitrogens with two attached hydrogens (primary N) is 1. The smallest absolute Gasteiger partial charge is 0.123 e. The Bertz CT molecular complexity index is 397. The summed E-state index contributed by atoms with van der Waals surface area (Å²) in [6.45, 7) is 5.42. The van der Waals surface area contributed by atoms with Gasteiger partial charge in [0.05, 0.1) is 13.2 Å².